The highest BCUT2D eigenvalue weighted by atomic mass is 19.1. The predicted octanol–water partition coefficient (Wildman–Crippen LogP) is 3.91. The first-order chi connectivity index (χ1) is 14.2. The molecule has 2 heterocycles. The molecule has 0 aromatic heterocycles. The Balaban J connectivity index is 1.37. The van der Waals surface area contributed by atoms with Crippen molar-refractivity contribution in [2.75, 3.05) is 32.8 Å². The van der Waals surface area contributed by atoms with Gasteiger partial charge in [0, 0.05) is 38.6 Å². The first kappa shape index (κ1) is 20.0. The standard InChI is InChI=1S/C24H29FN2O2/c25-22-10-12-26(13-11-22)24(28)16-23-18-29-15-14-27(23)17-19-6-8-21(9-7-19)20-4-2-1-3-5-20/h1-9,22-23H,10-18H2/t23-/m1/s1. The molecule has 154 valence electrons. The van der Waals surface area contributed by atoms with E-state index in [0.29, 0.717) is 45.6 Å². The largest absolute Gasteiger partial charge is 0.378 e. The van der Waals surface area contributed by atoms with Gasteiger partial charge in [0.05, 0.1) is 13.2 Å². The Kier molecular flexibility index (Phi) is 6.57. The fraction of sp³-hybridized carbons (Fsp3) is 0.458. The van der Waals surface area contributed by atoms with Crippen molar-refractivity contribution >= 4 is 5.91 Å². The average molecular weight is 397 g/mol. The molecule has 5 heteroatoms. The van der Waals surface area contributed by atoms with E-state index in [2.05, 4.69) is 53.4 Å². The number of benzene rings is 2. The van der Waals surface area contributed by atoms with Gasteiger partial charge in [0.2, 0.25) is 5.91 Å². The first-order valence-electron chi connectivity index (χ1n) is 10.6. The van der Waals surface area contributed by atoms with Gasteiger partial charge in [0.25, 0.3) is 0 Å². The van der Waals surface area contributed by atoms with Crippen LogP contribution in [0.3, 0.4) is 0 Å². The Morgan fingerprint density at radius 3 is 2.38 bits per heavy atom. The molecule has 0 N–H and O–H groups in total. The highest BCUT2D eigenvalue weighted by Crippen LogP contribution is 2.22. The molecular formula is C24H29FN2O2. The molecule has 29 heavy (non-hydrogen) atoms. The lowest BCUT2D eigenvalue weighted by Crippen LogP contribution is -2.48. The molecule has 0 aliphatic carbocycles. The minimum Gasteiger partial charge on any atom is -0.378 e. The molecule has 1 atom stereocenters. The third-order valence-corrected chi connectivity index (χ3v) is 5.98. The normalized spacial score (nSPS) is 21.3. The Labute approximate surface area is 172 Å². The van der Waals surface area contributed by atoms with E-state index >= 15 is 0 Å². The molecule has 4 nitrogen and oxygen atoms in total. The second-order valence-electron chi connectivity index (χ2n) is 8.02. The first-order valence-corrected chi connectivity index (χ1v) is 10.6. The number of hydrogen-bond donors (Lipinski definition) is 0. The van der Waals surface area contributed by atoms with Crippen LogP contribution in [0.4, 0.5) is 4.39 Å². The summed E-state index contributed by atoms with van der Waals surface area (Å²) in [5.41, 5.74) is 3.66. The van der Waals surface area contributed by atoms with Crippen molar-refractivity contribution < 1.29 is 13.9 Å². The summed E-state index contributed by atoms with van der Waals surface area (Å²) < 4.78 is 19.0. The van der Waals surface area contributed by atoms with Gasteiger partial charge in [-0.15, -0.1) is 0 Å². The van der Waals surface area contributed by atoms with E-state index < -0.39 is 6.17 Å². The summed E-state index contributed by atoms with van der Waals surface area (Å²) in [4.78, 5) is 16.9. The summed E-state index contributed by atoms with van der Waals surface area (Å²) in [6.07, 6.45) is 0.612. The van der Waals surface area contributed by atoms with Crippen molar-refractivity contribution in [2.24, 2.45) is 0 Å². The molecule has 0 spiro atoms. The SMILES string of the molecule is O=C(C[C@@H]1COCCN1Cc1ccc(-c2ccccc2)cc1)N1CCC(F)CC1. The van der Waals surface area contributed by atoms with Crippen LogP contribution in [-0.4, -0.2) is 60.8 Å². The Morgan fingerprint density at radius 2 is 1.66 bits per heavy atom. The van der Waals surface area contributed by atoms with Crippen molar-refractivity contribution in [2.45, 2.75) is 38.0 Å². The van der Waals surface area contributed by atoms with Crippen LogP contribution in [-0.2, 0) is 16.1 Å². The number of piperidine rings is 1. The van der Waals surface area contributed by atoms with Gasteiger partial charge in [-0.05, 0) is 29.5 Å². The van der Waals surface area contributed by atoms with E-state index in [4.69, 9.17) is 4.74 Å². The lowest BCUT2D eigenvalue weighted by molar-refractivity contribution is -0.136. The predicted molar refractivity (Wildman–Crippen MR) is 112 cm³/mol. The van der Waals surface area contributed by atoms with Crippen LogP contribution in [0, 0.1) is 0 Å². The third kappa shape index (κ3) is 5.22. The van der Waals surface area contributed by atoms with Gasteiger partial charge in [0.1, 0.15) is 6.17 Å². The smallest absolute Gasteiger partial charge is 0.224 e. The number of amides is 1. The Bertz CT molecular complexity index is 788. The number of morpholine rings is 1. The zero-order chi connectivity index (χ0) is 20.1. The summed E-state index contributed by atoms with van der Waals surface area (Å²) >= 11 is 0. The topological polar surface area (TPSA) is 32.8 Å². The fourth-order valence-corrected chi connectivity index (χ4v) is 4.18. The van der Waals surface area contributed by atoms with Crippen LogP contribution in [0.2, 0.25) is 0 Å². The van der Waals surface area contributed by atoms with E-state index in [1.165, 1.54) is 16.7 Å². The van der Waals surface area contributed by atoms with E-state index in [-0.39, 0.29) is 11.9 Å². The van der Waals surface area contributed by atoms with Crippen LogP contribution in [0.15, 0.2) is 54.6 Å². The molecule has 1 amide bonds. The van der Waals surface area contributed by atoms with E-state index in [1.54, 1.807) is 0 Å². The monoisotopic (exact) mass is 396 g/mol. The second kappa shape index (κ2) is 9.51. The molecule has 2 saturated heterocycles. The molecular weight excluding hydrogens is 367 g/mol. The number of carbonyl (C=O) groups excluding carboxylic acids is 1. The summed E-state index contributed by atoms with van der Waals surface area (Å²) in [5, 5.41) is 0. The second-order valence-corrected chi connectivity index (χ2v) is 8.02. The Hall–Kier alpha value is -2.24. The quantitative estimate of drug-likeness (QED) is 0.768. The van der Waals surface area contributed by atoms with Crippen molar-refractivity contribution in [3.05, 3.63) is 60.2 Å². The van der Waals surface area contributed by atoms with E-state index in [0.717, 1.165) is 13.1 Å². The van der Waals surface area contributed by atoms with E-state index in [9.17, 15) is 9.18 Å². The van der Waals surface area contributed by atoms with Crippen LogP contribution < -0.4 is 0 Å². The van der Waals surface area contributed by atoms with Crippen LogP contribution >= 0.6 is 0 Å². The number of nitrogens with zero attached hydrogens (tertiary/aromatic N) is 2. The highest BCUT2D eigenvalue weighted by Gasteiger charge is 2.29. The van der Waals surface area contributed by atoms with Crippen LogP contribution in [0.1, 0.15) is 24.8 Å². The van der Waals surface area contributed by atoms with Gasteiger partial charge in [-0.3, -0.25) is 9.69 Å². The summed E-state index contributed by atoms with van der Waals surface area (Å²) in [6.45, 7) is 3.98. The fourth-order valence-electron chi connectivity index (χ4n) is 4.18. The van der Waals surface area contributed by atoms with Gasteiger partial charge in [0.15, 0.2) is 0 Å². The van der Waals surface area contributed by atoms with Crippen molar-refractivity contribution in [1.82, 2.24) is 9.80 Å². The van der Waals surface area contributed by atoms with E-state index in [1.807, 2.05) is 11.0 Å². The van der Waals surface area contributed by atoms with Gasteiger partial charge in [-0.2, -0.15) is 0 Å². The van der Waals surface area contributed by atoms with Gasteiger partial charge in [-0.25, -0.2) is 4.39 Å². The molecule has 2 aromatic carbocycles. The number of rotatable bonds is 5. The number of alkyl halides is 1. The van der Waals surface area contributed by atoms with Crippen molar-refractivity contribution in [3.8, 4) is 11.1 Å². The highest BCUT2D eigenvalue weighted by molar-refractivity contribution is 5.77. The summed E-state index contributed by atoms with van der Waals surface area (Å²) in [5.74, 6) is 0.122. The number of likely N-dealkylation sites (tertiary alicyclic amines) is 1. The maximum atomic E-state index is 13.4. The van der Waals surface area contributed by atoms with Gasteiger partial charge >= 0.3 is 0 Å². The lowest BCUT2D eigenvalue weighted by Gasteiger charge is -2.37. The molecule has 0 bridgehead atoms. The molecule has 2 aromatic rings. The third-order valence-electron chi connectivity index (χ3n) is 5.98. The lowest BCUT2D eigenvalue weighted by atomic mass is 10.0. The minimum absolute atomic E-state index is 0.0770. The average Bonchev–Trinajstić information content (AvgIpc) is 2.77. The van der Waals surface area contributed by atoms with Crippen molar-refractivity contribution in [3.63, 3.8) is 0 Å². The van der Waals surface area contributed by atoms with Gasteiger partial charge < -0.3 is 9.64 Å². The minimum atomic E-state index is -0.757. The zero-order valence-corrected chi connectivity index (χ0v) is 16.8. The molecule has 2 aliphatic heterocycles. The molecule has 4 rings (SSSR count). The van der Waals surface area contributed by atoms with Gasteiger partial charge in [-0.1, -0.05) is 54.6 Å². The number of halogens is 1. The molecule has 0 saturated carbocycles. The maximum Gasteiger partial charge on any atom is 0.224 e. The van der Waals surface area contributed by atoms with Crippen molar-refractivity contribution in [1.29, 1.82) is 0 Å². The number of hydrogen-bond acceptors (Lipinski definition) is 3. The summed E-state index contributed by atoms with van der Waals surface area (Å²) in [6, 6.07) is 19.1. The number of carbonyl (C=O) groups is 1. The van der Waals surface area contributed by atoms with Crippen LogP contribution in [0.25, 0.3) is 11.1 Å². The summed E-state index contributed by atoms with van der Waals surface area (Å²) in [7, 11) is 0. The number of ether oxygens (including phenoxy) is 1. The molecule has 2 fully saturated rings. The van der Waals surface area contributed by atoms with Crippen LogP contribution in [0.5, 0.6) is 0 Å². The Morgan fingerprint density at radius 1 is 0.966 bits per heavy atom. The molecule has 0 radical (unpaired) electrons. The maximum absolute atomic E-state index is 13.4. The molecule has 2 aliphatic rings. The zero-order valence-electron chi connectivity index (χ0n) is 16.8. The molecule has 0 unspecified atom stereocenters.